The fourth-order valence-electron chi connectivity index (χ4n) is 3.94. The Balaban J connectivity index is 1.46. The highest BCUT2D eigenvalue weighted by Gasteiger charge is 2.46. The van der Waals surface area contributed by atoms with E-state index in [4.69, 9.17) is 11.6 Å². The second-order valence-electron chi connectivity index (χ2n) is 6.57. The van der Waals surface area contributed by atoms with Crippen LogP contribution in [0.2, 0.25) is 5.02 Å². The van der Waals surface area contributed by atoms with E-state index in [0.29, 0.717) is 17.8 Å². The normalized spacial score (nSPS) is 22.3. The average Bonchev–Trinajstić information content (AvgIpc) is 3.09. The topological polar surface area (TPSA) is 82.9 Å². The number of H-pyrrole nitrogens is 1. The number of nitrogens with zero attached hydrogens (tertiary/aromatic N) is 6. The average molecular weight is 358 g/mol. The van der Waals surface area contributed by atoms with Gasteiger partial charge in [-0.05, 0) is 12.5 Å². The van der Waals surface area contributed by atoms with E-state index in [1.165, 1.54) is 4.68 Å². The van der Waals surface area contributed by atoms with Gasteiger partial charge >= 0.3 is 0 Å². The second-order valence-corrected chi connectivity index (χ2v) is 6.94. The van der Waals surface area contributed by atoms with Gasteiger partial charge in [0.1, 0.15) is 22.8 Å². The Labute approximate surface area is 148 Å². The molecule has 3 aromatic rings. The molecule has 2 atom stereocenters. The van der Waals surface area contributed by atoms with E-state index in [0.717, 1.165) is 36.4 Å². The minimum absolute atomic E-state index is 0.236. The fourth-order valence-corrected chi connectivity index (χ4v) is 4.23. The van der Waals surface area contributed by atoms with Crippen LogP contribution in [0.1, 0.15) is 6.42 Å². The molecule has 0 radical (unpaired) electrons. The molecule has 3 saturated heterocycles. The summed E-state index contributed by atoms with van der Waals surface area (Å²) in [7, 11) is 1.60. The molecule has 128 valence electrons. The fraction of sp³-hybridized carbons (Fsp3) is 0.375. The van der Waals surface area contributed by atoms with Crippen molar-refractivity contribution in [1.29, 1.82) is 0 Å². The number of hydrogen-bond acceptors (Lipinski definition) is 6. The number of hydrogen-bond donors (Lipinski definition) is 1. The summed E-state index contributed by atoms with van der Waals surface area (Å²) < 4.78 is 1.26. The van der Waals surface area contributed by atoms with Crippen molar-refractivity contribution < 1.29 is 0 Å². The van der Waals surface area contributed by atoms with Gasteiger partial charge in [-0.15, -0.1) is 0 Å². The van der Waals surface area contributed by atoms with Gasteiger partial charge in [0.2, 0.25) is 0 Å². The molecule has 6 heterocycles. The van der Waals surface area contributed by atoms with Crippen LogP contribution in [0.4, 0.5) is 11.5 Å². The molecule has 2 bridgehead atoms. The SMILES string of the molecule is Cn1ncc(N2CC3CC(C2)N3c2ncnc3[nH]ccc23)c(Cl)c1=O. The first-order valence-electron chi connectivity index (χ1n) is 8.16. The minimum atomic E-state index is -0.264. The van der Waals surface area contributed by atoms with Crippen LogP contribution < -0.4 is 15.4 Å². The van der Waals surface area contributed by atoms with Crippen LogP contribution in [0.25, 0.3) is 11.0 Å². The Hall–Kier alpha value is -2.61. The summed E-state index contributed by atoms with van der Waals surface area (Å²) in [5.41, 5.74) is 1.30. The third kappa shape index (κ3) is 2.07. The molecule has 0 aliphatic carbocycles. The van der Waals surface area contributed by atoms with Crippen LogP contribution in [0.15, 0.2) is 29.6 Å². The predicted octanol–water partition coefficient (Wildman–Crippen LogP) is 1.17. The number of aromatic nitrogens is 5. The lowest BCUT2D eigenvalue weighted by molar-refractivity contribution is 0.289. The van der Waals surface area contributed by atoms with Gasteiger partial charge in [-0.25, -0.2) is 14.6 Å². The Kier molecular flexibility index (Phi) is 3.05. The van der Waals surface area contributed by atoms with Gasteiger partial charge < -0.3 is 14.8 Å². The molecular formula is C16H16ClN7O. The molecule has 2 unspecified atom stereocenters. The lowest BCUT2D eigenvalue weighted by atomic mass is 9.87. The number of aromatic amines is 1. The van der Waals surface area contributed by atoms with E-state index >= 15 is 0 Å². The van der Waals surface area contributed by atoms with Crippen molar-refractivity contribution in [3.05, 3.63) is 40.2 Å². The number of fused-ring (bicyclic) bond motifs is 3. The number of nitrogens with one attached hydrogen (secondary N) is 1. The highest BCUT2D eigenvalue weighted by Crippen LogP contribution is 2.40. The molecule has 3 aromatic heterocycles. The van der Waals surface area contributed by atoms with Crippen molar-refractivity contribution >= 4 is 34.1 Å². The zero-order valence-corrected chi connectivity index (χ0v) is 14.3. The van der Waals surface area contributed by atoms with Gasteiger partial charge in [0.05, 0.1) is 29.4 Å². The summed E-state index contributed by atoms with van der Waals surface area (Å²) in [5.74, 6) is 0.973. The van der Waals surface area contributed by atoms with Crippen LogP contribution in [-0.2, 0) is 7.05 Å². The number of aryl methyl sites for hydroxylation is 1. The maximum atomic E-state index is 12.0. The number of piperazine rings is 1. The van der Waals surface area contributed by atoms with Crippen LogP contribution >= 0.6 is 11.6 Å². The highest BCUT2D eigenvalue weighted by molar-refractivity contribution is 6.33. The van der Waals surface area contributed by atoms with E-state index in [-0.39, 0.29) is 10.6 Å². The summed E-state index contributed by atoms with van der Waals surface area (Å²) in [6.45, 7) is 1.59. The van der Waals surface area contributed by atoms with Crippen LogP contribution in [-0.4, -0.2) is 49.9 Å². The third-order valence-corrected chi connectivity index (χ3v) is 5.53. The Bertz CT molecular complexity index is 1020. The van der Waals surface area contributed by atoms with Crippen molar-refractivity contribution in [3.8, 4) is 0 Å². The van der Waals surface area contributed by atoms with Crippen molar-refractivity contribution in [3.63, 3.8) is 0 Å². The van der Waals surface area contributed by atoms with Crippen LogP contribution in [0.3, 0.4) is 0 Å². The van der Waals surface area contributed by atoms with Gasteiger partial charge in [-0.1, -0.05) is 11.6 Å². The maximum absolute atomic E-state index is 12.0. The van der Waals surface area contributed by atoms with Gasteiger partial charge in [-0.3, -0.25) is 4.79 Å². The van der Waals surface area contributed by atoms with E-state index in [9.17, 15) is 4.79 Å². The van der Waals surface area contributed by atoms with Gasteiger partial charge in [0, 0.05) is 26.3 Å². The number of piperidine rings is 1. The molecule has 1 N–H and O–H groups in total. The summed E-state index contributed by atoms with van der Waals surface area (Å²) in [6, 6.07) is 2.69. The van der Waals surface area contributed by atoms with E-state index < -0.39 is 0 Å². The van der Waals surface area contributed by atoms with Crippen LogP contribution in [0.5, 0.6) is 0 Å². The largest absolute Gasteiger partial charge is 0.365 e. The standard InChI is InChI=1S/C16H16ClN7O/c1-22-16(25)13(17)12(5-21-22)23-6-9-4-10(7-23)24(9)15-11-2-3-18-14(11)19-8-20-15/h2-3,5,8-10H,4,6-7H2,1H3,(H,18,19,20). The summed E-state index contributed by atoms with van der Waals surface area (Å²) in [5, 5.41) is 5.38. The van der Waals surface area contributed by atoms with E-state index in [1.54, 1.807) is 19.6 Å². The Morgan fingerprint density at radius 1 is 1.28 bits per heavy atom. The highest BCUT2D eigenvalue weighted by atomic mass is 35.5. The van der Waals surface area contributed by atoms with Crippen molar-refractivity contribution in [1.82, 2.24) is 24.7 Å². The first-order valence-corrected chi connectivity index (χ1v) is 8.54. The Morgan fingerprint density at radius 2 is 2.08 bits per heavy atom. The van der Waals surface area contributed by atoms with Gasteiger partial charge in [0.25, 0.3) is 5.56 Å². The molecule has 0 spiro atoms. The predicted molar refractivity (Wildman–Crippen MR) is 95.3 cm³/mol. The van der Waals surface area contributed by atoms with Crippen LogP contribution in [0, 0.1) is 0 Å². The molecular weight excluding hydrogens is 342 g/mol. The lowest BCUT2D eigenvalue weighted by Gasteiger charge is -2.57. The summed E-state index contributed by atoms with van der Waals surface area (Å²) in [4.78, 5) is 28.5. The second kappa shape index (κ2) is 5.19. The number of rotatable bonds is 2. The molecule has 0 amide bonds. The first kappa shape index (κ1) is 14.7. The van der Waals surface area contributed by atoms with E-state index in [1.807, 2.05) is 12.3 Å². The smallest absolute Gasteiger partial charge is 0.287 e. The third-order valence-electron chi connectivity index (χ3n) is 5.17. The zero-order chi connectivity index (χ0) is 17.1. The number of halogens is 1. The van der Waals surface area contributed by atoms with Crippen molar-refractivity contribution in [2.75, 3.05) is 22.9 Å². The monoisotopic (exact) mass is 357 g/mol. The molecule has 3 aliphatic rings. The zero-order valence-electron chi connectivity index (χ0n) is 13.6. The molecule has 6 rings (SSSR count). The van der Waals surface area contributed by atoms with Gasteiger partial charge in [0.15, 0.2) is 0 Å². The Morgan fingerprint density at radius 3 is 2.88 bits per heavy atom. The van der Waals surface area contributed by atoms with E-state index in [2.05, 4.69) is 29.9 Å². The maximum Gasteiger partial charge on any atom is 0.287 e. The number of anilines is 2. The molecule has 8 nitrogen and oxygen atoms in total. The first-order chi connectivity index (χ1) is 12.1. The molecule has 0 saturated carbocycles. The minimum Gasteiger partial charge on any atom is -0.365 e. The molecule has 3 fully saturated rings. The molecule has 25 heavy (non-hydrogen) atoms. The molecule has 9 heteroatoms. The molecule has 3 aliphatic heterocycles. The molecule has 0 aromatic carbocycles. The summed E-state index contributed by atoms with van der Waals surface area (Å²) in [6.07, 6.45) is 6.27. The van der Waals surface area contributed by atoms with Crippen molar-refractivity contribution in [2.45, 2.75) is 18.5 Å². The lowest BCUT2D eigenvalue weighted by Crippen LogP contribution is -2.69. The van der Waals surface area contributed by atoms with Crippen molar-refractivity contribution in [2.24, 2.45) is 7.05 Å². The summed E-state index contributed by atoms with van der Waals surface area (Å²) >= 11 is 6.26. The quantitative estimate of drug-likeness (QED) is 0.741. The van der Waals surface area contributed by atoms with Gasteiger partial charge in [-0.2, -0.15) is 5.10 Å².